The van der Waals surface area contributed by atoms with Crippen molar-refractivity contribution in [1.29, 1.82) is 0 Å². The number of pyridine rings is 1. The van der Waals surface area contributed by atoms with Gasteiger partial charge in [0.2, 0.25) is 0 Å². The molecule has 3 aromatic rings. The van der Waals surface area contributed by atoms with E-state index < -0.39 is 0 Å². The molecule has 0 unspecified atom stereocenters. The summed E-state index contributed by atoms with van der Waals surface area (Å²) in [7, 11) is 0. The molecule has 7 nitrogen and oxygen atoms in total. The van der Waals surface area contributed by atoms with E-state index in [1.807, 2.05) is 31.4 Å². The topological polar surface area (TPSA) is 88.2 Å². The minimum Gasteiger partial charge on any atom is -0.380 e. The van der Waals surface area contributed by atoms with Gasteiger partial charge in [-0.1, -0.05) is 25.1 Å². The van der Waals surface area contributed by atoms with E-state index in [1.54, 1.807) is 0 Å². The van der Waals surface area contributed by atoms with Gasteiger partial charge in [-0.2, -0.15) is 0 Å². The van der Waals surface area contributed by atoms with Crippen molar-refractivity contribution >= 4 is 28.6 Å². The summed E-state index contributed by atoms with van der Waals surface area (Å²) < 4.78 is 7.79. The molecule has 1 saturated heterocycles. The number of aryl methyl sites for hydroxylation is 1. The Hall–Kier alpha value is -2.55. The summed E-state index contributed by atoms with van der Waals surface area (Å²) in [5, 5.41) is 7.82. The Kier molecular flexibility index (Phi) is 8.26. The van der Waals surface area contributed by atoms with Gasteiger partial charge in [0.15, 0.2) is 0 Å². The Morgan fingerprint density at radius 3 is 2.59 bits per heavy atom. The molecule has 3 heterocycles. The smallest absolute Gasteiger partial charge is 0.254 e. The molecule has 1 amide bonds. The van der Waals surface area contributed by atoms with E-state index in [0.29, 0.717) is 28.5 Å². The minimum absolute atomic E-state index is 0.136. The Labute approximate surface area is 235 Å². The van der Waals surface area contributed by atoms with Crippen molar-refractivity contribution in [3.63, 3.8) is 0 Å². The van der Waals surface area contributed by atoms with E-state index in [-0.39, 0.29) is 24.1 Å². The molecule has 1 saturated carbocycles. The van der Waals surface area contributed by atoms with Crippen LogP contribution in [0.2, 0.25) is 0 Å². The summed E-state index contributed by atoms with van der Waals surface area (Å²) >= 11 is 1.52. The molecule has 1 atom stereocenters. The van der Waals surface area contributed by atoms with Crippen LogP contribution in [0.4, 0.5) is 0 Å². The predicted molar refractivity (Wildman–Crippen MR) is 159 cm³/mol. The molecule has 0 radical (unpaired) electrons. The third-order valence-electron chi connectivity index (χ3n) is 8.84. The summed E-state index contributed by atoms with van der Waals surface area (Å²) in [5.41, 5.74) is 4.36. The highest BCUT2D eigenvalue weighted by atomic mass is 32.2. The molecular formula is C31H42N4O3S. The number of H-pyrrole nitrogens is 1. The van der Waals surface area contributed by atoms with Gasteiger partial charge in [-0.05, 0) is 70.8 Å². The zero-order chi connectivity index (χ0) is 27.7. The third kappa shape index (κ3) is 5.70. The number of aromatic nitrogens is 2. The van der Waals surface area contributed by atoms with E-state index in [9.17, 15) is 9.59 Å². The van der Waals surface area contributed by atoms with Crippen LogP contribution in [0.5, 0.6) is 0 Å². The van der Waals surface area contributed by atoms with Gasteiger partial charge in [-0.25, -0.2) is 0 Å². The second kappa shape index (κ2) is 11.5. The molecule has 1 aliphatic heterocycles. The minimum atomic E-state index is -0.146. The lowest BCUT2D eigenvalue weighted by Gasteiger charge is -2.40. The zero-order valence-corrected chi connectivity index (χ0v) is 24.7. The molecule has 5 rings (SSSR count). The molecule has 2 aromatic heterocycles. The number of hydrogen-bond donors (Lipinski definition) is 3. The lowest BCUT2D eigenvalue weighted by atomic mass is 9.81. The van der Waals surface area contributed by atoms with Crippen molar-refractivity contribution in [2.75, 3.05) is 26.0 Å². The first-order valence-corrected chi connectivity index (χ1v) is 15.4. The van der Waals surface area contributed by atoms with Crippen LogP contribution in [0.25, 0.3) is 10.9 Å². The van der Waals surface area contributed by atoms with Gasteiger partial charge in [-0.3, -0.25) is 9.59 Å². The molecule has 8 heteroatoms. The van der Waals surface area contributed by atoms with E-state index in [2.05, 4.69) is 53.1 Å². The fourth-order valence-corrected chi connectivity index (χ4v) is 7.16. The monoisotopic (exact) mass is 550 g/mol. The Morgan fingerprint density at radius 1 is 1.21 bits per heavy atom. The number of para-hydroxylation sites is 1. The van der Waals surface area contributed by atoms with Gasteiger partial charge in [0, 0.05) is 63.3 Å². The average molecular weight is 551 g/mol. The van der Waals surface area contributed by atoms with Crippen molar-refractivity contribution in [3.8, 4) is 0 Å². The fraction of sp³-hybridized carbons (Fsp3) is 0.548. The fourth-order valence-electron chi connectivity index (χ4n) is 6.46. The molecule has 1 aromatic carbocycles. The average Bonchev–Trinajstić information content (AvgIpc) is 3.21. The highest BCUT2D eigenvalue weighted by Crippen LogP contribution is 2.38. The van der Waals surface area contributed by atoms with Crippen molar-refractivity contribution in [2.45, 2.75) is 76.9 Å². The molecule has 2 aliphatic rings. The lowest BCUT2D eigenvalue weighted by molar-refractivity contribution is -0.100. The third-order valence-corrected chi connectivity index (χ3v) is 9.64. The molecule has 39 heavy (non-hydrogen) atoms. The number of nitrogens with zero attached hydrogens (tertiary/aromatic N) is 1. The standard InChI is InChI=1S/C31H42N4O3S/c1-19-14-27(39-5)25(29(36)34-19)15-32-30(37)28-21(3)35(26-9-7-6-8-24(26)28)20(2)22-10-12-23(13-11-22)33-16-31(4)17-38-18-31/h6-9,14,20,22-23,33H,10-13,15-18H2,1-5H3,(H,32,37)(H,34,36)/t20-,22?,23?/m1/s1. The molecular weight excluding hydrogens is 508 g/mol. The van der Waals surface area contributed by atoms with E-state index in [1.165, 1.54) is 37.4 Å². The maximum atomic E-state index is 13.6. The highest BCUT2D eigenvalue weighted by molar-refractivity contribution is 7.98. The molecule has 2 fully saturated rings. The summed E-state index contributed by atoms with van der Waals surface area (Å²) in [6.07, 6.45) is 6.66. The number of carbonyl (C=O) groups excluding carboxylic acids is 1. The number of carbonyl (C=O) groups is 1. The molecule has 0 spiro atoms. The maximum Gasteiger partial charge on any atom is 0.254 e. The normalized spacial score (nSPS) is 21.5. The quantitative estimate of drug-likeness (QED) is 0.313. The van der Waals surface area contributed by atoms with Crippen LogP contribution >= 0.6 is 11.8 Å². The molecule has 1 aliphatic carbocycles. The van der Waals surface area contributed by atoms with Gasteiger partial charge < -0.3 is 24.9 Å². The number of amides is 1. The second-order valence-electron chi connectivity index (χ2n) is 11.9. The maximum absolute atomic E-state index is 13.6. The van der Waals surface area contributed by atoms with E-state index in [0.717, 1.165) is 46.9 Å². The Morgan fingerprint density at radius 2 is 1.92 bits per heavy atom. The van der Waals surface area contributed by atoms with Crippen molar-refractivity contribution in [3.05, 3.63) is 63.2 Å². The van der Waals surface area contributed by atoms with Crippen LogP contribution in [-0.4, -0.2) is 47.5 Å². The summed E-state index contributed by atoms with van der Waals surface area (Å²) in [6, 6.07) is 11.0. The van der Waals surface area contributed by atoms with Crippen molar-refractivity contribution < 1.29 is 9.53 Å². The first-order chi connectivity index (χ1) is 18.7. The number of nitrogens with one attached hydrogen (secondary N) is 3. The van der Waals surface area contributed by atoms with Gasteiger partial charge >= 0.3 is 0 Å². The largest absolute Gasteiger partial charge is 0.380 e. The molecule has 210 valence electrons. The number of hydrogen-bond acceptors (Lipinski definition) is 5. The lowest BCUT2D eigenvalue weighted by Crippen LogP contribution is -2.50. The highest BCUT2D eigenvalue weighted by Gasteiger charge is 2.35. The second-order valence-corrected chi connectivity index (χ2v) is 12.7. The van der Waals surface area contributed by atoms with E-state index in [4.69, 9.17) is 4.74 Å². The number of thioether (sulfide) groups is 1. The number of benzene rings is 1. The summed E-state index contributed by atoms with van der Waals surface area (Å²) in [6.45, 7) is 11.5. The number of fused-ring (bicyclic) bond motifs is 1. The van der Waals surface area contributed by atoms with E-state index >= 15 is 0 Å². The van der Waals surface area contributed by atoms with Gasteiger partial charge in [0.25, 0.3) is 11.5 Å². The Bertz CT molecular complexity index is 1400. The molecule has 3 N–H and O–H groups in total. The van der Waals surface area contributed by atoms with Crippen LogP contribution in [0.15, 0.2) is 40.0 Å². The van der Waals surface area contributed by atoms with Crippen LogP contribution in [-0.2, 0) is 11.3 Å². The van der Waals surface area contributed by atoms with Gasteiger partial charge in [-0.15, -0.1) is 11.8 Å². The number of rotatable bonds is 9. The first kappa shape index (κ1) is 28.0. The first-order valence-electron chi connectivity index (χ1n) is 14.2. The molecule has 0 bridgehead atoms. The summed E-state index contributed by atoms with van der Waals surface area (Å²) in [5.74, 6) is 0.425. The summed E-state index contributed by atoms with van der Waals surface area (Å²) in [4.78, 5) is 30.0. The van der Waals surface area contributed by atoms with Crippen LogP contribution in [0.3, 0.4) is 0 Å². The van der Waals surface area contributed by atoms with Crippen LogP contribution in [0.1, 0.15) is 72.9 Å². The van der Waals surface area contributed by atoms with Gasteiger partial charge in [0.05, 0.1) is 18.8 Å². The van der Waals surface area contributed by atoms with Crippen molar-refractivity contribution in [2.24, 2.45) is 11.3 Å². The van der Waals surface area contributed by atoms with Crippen molar-refractivity contribution in [1.82, 2.24) is 20.2 Å². The predicted octanol–water partition coefficient (Wildman–Crippen LogP) is 5.34. The Balaban J connectivity index is 1.32. The van der Waals surface area contributed by atoms with Crippen LogP contribution in [0, 0.1) is 25.2 Å². The zero-order valence-electron chi connectivity index (χ0n) is 23.9. The number of aromatic amines is 1. The SMILES string of the molecule is CSc1cc(C)[nH]c(=O)c1CNC(=O)c1c(C)n([C@H](C)C2CCC(NCC3(C)COC3)CC2)c2ccccc12. The van der Waals surface area contributed by atoms with Gasteiger partial charge in [0.1, 0.15) is 0 Å². The van der Waals surface area contributed by atoms with Crippen LogP contribution < -0.4 is 16.2 Å². The number of ether oxygens (including phenoxy) is 1.